The summed E-state index contributed by atoms with van der Waals surface area (Å²) in [5.41, 5.74) is 0.556. The quantitative estimate of drug-likeness (QED) is 0.729. The minimum Gasteiger partial charge on any atom is -0.296 e. The van der Waals surface area contributed by atoms with Crippen molar-refractivity contribution in [3.63, 3.8) is 0 Å². The van der Waals surface area contributed by atoms with Crippen LogP contribution in [-0.4, -0.2) is 16.5 Å². The molecule has 0 atom stereocenters. The van der Waals surface area contributed by atoms with Gasteiger partial charge in [-0.3, -0.25) is 4.79 Å². The molecule has 0 radical (unpaired) electrons. The molecule has 0 unspecified atom stereocenters. The summed E-state index contributed by atoms with van der Waals surface area (Å²) in [5.74, 6) is -1.37. The van der Waals surface area contributed by atoms with Crippen molar-refractivity contribution in [2.45, 2.75) is 0 Å². The molecule has 80 valence electrons. The first-order valence-corrected chi connectivity index (χ1v) is 4.45. The Labute approximate surface area is 89.8 Å². The summed E-state index contributed by atoms with van der Waals surface area (Å²) >= 11 is 0. The first-order chi connectivity index (χ1) is 7.70. The molecule has 0 aliphatic heterocycles. The Kier molecular flexibility index (Phi) is 2.68. The van der Waals surface area contributed by atoms with Crippen LogP contribution in [0.15, 0.2) is 30.3 Å². The first-order valence-electron chi connectivity index (χ1n) is 4.45. The Morgan fingerprint density at radius 2 is 1.88 bits per heavy atom. The van der Waals surface area contributed by atoms with E-state index in [-0.39, 0.29) is 17.0 Å². The molecule has 1 aromatic heterocycles. The largest absolute Gasteiger partial charge is 0.296 e. The molecule has 2 rings (SSSR count). The van der Waals surface area contributed by atoms with Gasteiger partial charge in [0.15, 0.2) is 6.29 Å². The smallest absolute Gasteiger partial charge is 0.170 e. The molecule has 16 heavy (non-hydrogen) atoms. The zero-order chi connectivity index (χ0) is 11.5. The second-order valence-electron chi connectivity index (χ2n) is 3.09. The van der Waals surface area contributed by atoms with Crippen LogP contribution in [0.1, 0.15) is 10.5 Å². The topological polar surface area (TPSA) is 42.9 Å². The molecule has 0 saturated carbocycles. The predicted octanol–water partition coefficient (Wildman–Crippen LogP) is 2.23. The van der Waals surface area contributed by atoms with Crippen LogP contribution in [0.4, 0.5) is 8.78 Å². The number of carbonyl (C=O) groups excluding carboxylic acids is 1. The SMILES string of the molecule is O=Cc1ccc(-c2ccc(F)cc2F)nn1. The van der Waals surface area contributed by atoms with Gasteiger partial charge >= 0.3 is 0 Å². The Bertz CT molecular complexity index is 526. The van der Waals surface area contributed by atoms with Gasteiger partial charge in [-0.15, -0.1) is 10.2 Å². The molecule has 0 N–H and O–H groups in total. The molecule has 5 heteroatoms. The maximum Gasteiger partial charge on any atom is 0.170 e. The molecule has 0 saturated heterocycles. The van der Waals surface area contributed by atoms with E-state index in [1.807, 2.05) is 0 Å². The number of aromatic nitrogens is 2. The van der Waals surface area contributed by atoms with Crippen molar-refractivity contribution in [2.75, 3.05) is 0 Å². The van der Waals surface area contributed by atoms with Gasteiger partial charge in [-0.2, -0.15) is 0 Å². The molecule has 0 amide bonds. The van der Waals surface area contributed by atoms with E-state index in [0.29, 0.717) is 6.29 Å². The summed E-state index contributed by atoms with van der Waals surface area (Å²) in [7, 11) is 0. The van der Waals surface area contributed by atoms with E-state index in [0.717, 1.165) is 12.1 Å². The van der Waals surface area contributed by atoms with E-state index in [4.69, 9.17) is 0 Å². The molecule has 0 aliphatic carbocycles. The van der Waals surface area contributed by atoms with Crippen LogP contribution in [-0.2, 0) is 0 Å². The van der Waals surface area contributed by atoms with Crippen LogP contribution >= 0.6 is 0 Å². The van der Waals surface area contributed by atoms with Gasteiger partial charge in [-0.05, 0) is 24.3 Å². The molecule has 0 fully saturated rings. The third kappa shape index (κ3) is 1.93. The summed E-state index contributed by atoms with van der Waals surface area (Å²) in [6, 6.07) is 6.04. The summed E-state index contributed by atoms with van der Waals surface area (Å²) in [4.78, 5) is 10.3. The summed E-state index contributed by atoms with van der Waals surface area (Å²) in [6.45, 7) is 0. The molecule has 0 bridgehead atoms. The van der Waals surface area contributed by atoms with Gasteiger partial charge in [-0.25, -0.2) is 8.78 Å². The number of rotatable bonds is 2. The average Bonchev–Trinajstić information content (AvgIpc) is 2.29. The Balaban J connectivity index is 2.46. The summed E-state index contributed by atoms with van der Waals surface area (Å²) in [6.07, 6.45) is 0.539. The highest BCUT2D eigenvalue weighted by Crippen LogP contribution is 2.20. The number of halogens is 2. The molecular weight excluding hydrogens is 214 g/mol. The van der Waals surface area contributed by atoms with Gasteiger partial charge in [0, 0.05) is 11.6 Å². The molecule has 3 nitrogen and oxygen atoms in total. The standard InChI is InChI=1S/C11H6F2N2O/c12-7-1-3-9(10(13)5-7)11-4-2-8(6-16)14-15-11/h1-6H. The van der Waals surface area contributed by atoms with E-state index in [2.05, 4.69) is 10.2 Å². The molecule has 1 aromatic carbocycles. The van der Waals surface area contributed by atoms with Crippen molar-refractivity contribution >= 4 is 6.29 Å². The minimum absolute atomic E-state index is 0.145. The van der Waals surface area contributed by atoms with E-state index in [1.54, 1.807) is 0 Å². The number of hydrogen-bond acceptors (Lipinski definition) is 3. The first kappa shape index (κ1) is 10.4. The van der Waals surface area contributed by atoms with E-state index in [1.165, 1.54) is 18.2 Å². The maximum absolute atomic E-state index is 13.3. The van der Waals surface area contributed by atoms with Gasteiger partial charge in [0.1, 0.15) is 17.3 Å². The fourth-order valence-electron chi connectivity index (χ4n) is 1.25. The lowest BCUT2D eigenvalue weighted by atomic mass is 10.1. The molecule has 0 spiro atoms. The van der Waals surface area contributed by atoms with Gasteiger partial charge in [-0.1, -0.05) is 0 Å². The van der Waals surface area contributed by atoms with Crippen molar-refractivity contribution in [3.8, 4) is 11.3 Å². The van der Waals surface area contributed by atoms with Crippen LogP contribution in [0.25, 0.3) is 11.3 Å². The molecule has 0 aliphatic rings. The van der Waals surface area contributed by atoms with Crippen molar-refractivity contribution in [1.29, 1.82) is 0 Å². The van der Waals surface area contributed by atoms with E-state index < -0.39 is 11.6 Å². The Hall–Kier alpha value is -2.17. The van der Waals surface area contributed by atoms with Gasteiger partial charge in [0.2, 0.25) is 0 Å². The molecular formula is C11H6F2N2O. The third-order valence-corrected chi connectivity index (χ3v) is 2.01. The monoisotopic (exact) mass is 220 g/mol. The fraction of sp³-hybridized carbons (Fsp3) is 0. The highest BCUT2D eigenvalue weighted by atomic mass is 19.1. The minimum atomic E-state index is -0.715. The summed E-state index contributed by atoms with van der Waals surface area (Å²) < 4.78 is 26.0. The lowest BCUT2D eigenvalue weighted by Gasteiger charge is -2.01. The van der Waals surface area contributed by atoms with Crippen molar-refractivity contribution in [3.05, 3.63) is 47.7 Å². The van der Waals surface area contributed by atoms with Crippen molar-refractivity contribution in [1.82, 2.24) is 10.2 Å². The lowest BCUT2D eigenvalue weighted by Crippen LogP contribution is -1.94. The Morgan fingerprint density at radius 3 is 2.44 bits per heavy atom. The number of benzene rings is 1. The van der Waals surface area contributed by atoms with Crippen LogP contribution in [0.2, 0.25) is 0 Å². The zero-order valence-corrected chi connectivity index (χ0v) is 8.02. The molecule has 2 aromatic rings. The van der Waals surface area contributed by atoms with Crippen molar-refractivity contribution in [2.24, 2.45) is 0 Å². The number of aldehydes is 1. The van der Waals surface area contributed by atoms with Crippen LogP contribution < -0.4 is 0 Å². The maximum atomic E-state index is 13.3. The van der Waals surface area contributed by atoms with Gasteiger partial charge in [0.05, 0.1) is 5.69 Å². The van der Waals surface area contributed by atoms with Crippen LogP contribution in [0.5, 0.6) is 0 Å². The average molecular weight is 220 g/mol. The second-order valence-corrected chi connectivity index (χ2v) is 3.09. The number of carbonyl (C=O) groups is 1. The highest BCUT2D eigenvalue weighted by Gasteiger charge is 2.07. The van der Waals surface area contributed by atoms with Gasteiger partial charge < -0.3 is 0 Å². The highest BCUT2D eigenvalue weighted by molar-refractivity contribution is 5.72. The lowest BCUT2D eigenvalue weighted by molar-refractivity contribution is 0.111. The normalized spacial score (nSPS) is 10.1. The Morgan fingerprint density at radius 1 is 1.06 bits per heavy atom. The molecule has 1 heterocycles. The van der Waals surface area contributed by atoms with Crippen molar-refractivity contribution < 1.29 is 13.6 Å². The zero-order valence-electron chi connectivity index (χ0n) is 8.02. The summed E-state index contributed by atoms with van der Waals surface area (Å²) in [5, 5.41) is 7.23. The van der Waals surface area contributed by atoms with E-state index in [9.17, 15) is 13.6 Å². The fourth-order valence-corrected chi connectivity index (χ4v) is 1.25. The van der Waals surface area contributed by atoms with Gasteiger partial charge in [0.25, 0.3) is 0 Å². The second kappa shape index (κ2) is 4.14. The van der Waals surface area contributed by atoms with E-state index >= 15 is 0 Å². The predicted molar refractivity (Wildman–Crippen MR) is 52.8 cm³/mol. The number of nitrogens with zero attached hydrogens (tertiary/aromatic N) is 2. The van der Waals surface area contributed by atoms with Crippen LogP contribution in [0.3, 0.4) is 0 Å². The number of hydrogen-bond donors (Lipinski definition) is 0. The third-order valence-electron chi connectivity index (χ3n) is 2.01. The van der Waals surface area contributed by atoms with Crippen LogP contribution in [0, 0.1) is 11.6 Å².